The Morgan fingerprint density at radius 3 is 2.93 bits per heavy atom. The third-order valence-electron chi connectivity index (χ3n) is 1.87. The monoisotopic (exact) mass is 319 g/mol. The van der Waals surface area contributed by atoms with E-state index in [-0.39, 0.29) is 6.09 Å². The van der Waals surface area contributed by atoms with Gasteiger partial charge in [0.05, 0.1) is 6.61 Å². The maximum Gasteiger partial charge on any atom is 0.411 e. The van der Waals surface area contributed by atoms with Gasteiger partial charge in [-0.1, -0.05) is 13.0 Å². The largest absolute Gasteiger partial charge is 0.449 e. The zero-order chi connectivity index (χ0) is 11.3. The van der Waals surface area contributed by atoms with Crippen LogP contribution in [-0.4, -0.2) is 12.7 Å². The molecule has 15 heavy (non-hydrogen) atoms. The average Bonchev–Trinajstić information content (AvgIpc) is 2.20. The van der Waals surface area contributed by atoms with Crippen molar-refractivity contribution in [2.75, 3.05) is 11.9 Å². The predicted octanol–water partition coefficient (Wildman–Crippen LogP) is 3.56. The number of aryl methyl sites for hydroxylation is 1. The van der Waals surface area contributed by atoms with Crippen molar-refractivity contribution < 1.29 is 9.53 Å². The van der Waals surface area contributed by atoms with E-state index in [1.54, 1.807) is 0 Å². The number of anilines is 1. The molecule has 0 spiro atoms. The van der Waals surface area contributed by atoms with Crippen molar-refractivity contribution in [2.24, 2.45) is 0 Å². The molecule has 0 saturated carbocycles. The zero-order valence-electron chi connectivity index (χ0n) is 8.84. The van der Waals surface area contributed by atoms with Crippen LogP contribution < -0.4 is 5.32 Å². The Kier molecular flexibility index (Phi) is 4.87. The lowest BCUT2D eigenvalue weighted by Crippen LogP contribution is -2.14. The fraction of sp³-hybridized carbons (Fsp3) is 0.364. The molecule has 0 aromatic heterocycles. The molecule has 0 aliphatic heterocycles. The molecule has 0 fully saturated rings. The van der Waals surface area contributed by atoms with E-state index >= 15 is 0 Å². The van der Waals surface area contributed by atoms with Gasteiger partial charge in [0.1, 0.15) is 0 Å². The molecule has 3 nitrogen and oxygen atoms in total. The van der Waals surface area contributed by atoms with E-state index < -0.39 is 0 Å². The maximum atomic E-state index is 11.3. The maximum absolute atomic E-state index is 11.3. The van der Waals surface area contributed by atoms with Crippen LogP contribution in [0, 0.1) is 10.5 Å². The second kappa shape index (κ2) is 5.95. The second-order valence-corrected chi connectivity index (χ2v) is 4.47. The molecule has 0 bridgehead atoms. The van der Waals surface area contributed by atoms with Gasteiger partial charge in [0.25, 0.3) is 0 Å². The van der Waals surface area contributed by atoms with Crippen LogP contribution >= 0.6 is 22.6 Å². The van der Waals surface area contributed by atoms with E-state index in [1.807, 2.05) is 32.0 Å². The fourth-order valence-corrected chi connectivity index (χ4v) is 1.56. The molecule has 1 N–H and O–H groups in total. The first-order chi connectivity index (χ1) is 7.13. The van der Waals surface area contributed by atoms with E-state index in [0.29, 0.717) is 6.61 Å². The number of hydrogen-bond donors (Lipinski definition) is 1. The first-order valence-electron chi connectivity index (χ1n) is 4.83. The fourth-order valence-electron chi connectivity index (χ4n) is 1.07. The molecule has 0 heterocycles. The minimum absolute atomic E-state index is 0.387. The molecule has 1 aromatic carbocycles. The summed E-state index contributed by atoms with van der Waals surface area (Å²) in [5.41, 5.74) is 1.84. The number of benzene rings is 1. The molecule has 1 amide bonds. The van der Waals surface area contributed by atoms with Crippen molar-refractivity contribution in [3.05, 3.63) is 27.3 Å². The van der Waals surface area contributed by atoms with Gasteiger partial charge in [-0.15, -0.1) is 0 Å². The van der Waals surface area contributed by atoms with Gasteiger partial charge in [-0.25, -0.2) is 4.79 Å². The van der Waals surface area contributed by atoms with Gasteiger partial charge in [-0.3, -0.25) is 5.32 Å². The van der Waals surface area contributed by atoms with Crippen molar-refractivity contribution >= 4 is 34.4 Å². The highest BCUT2D eigenvalue weighted by Gasteiger charge is 2.05. The number of ether oxygens (including phenoxy) is 1. The lowest BCUT2D eigenvalue weighted by atomic mass is 10.2. The Hall–Kier alpha value is -0.780. The van der Waals surface area contributed by atoms with E-state index in [2.05, 4.69) is 27.9 Å². The molecular weight excluding hydrogens is 305 g/mol. The van der Waals surface area contributed by atoms with Crippen molar-refractivity contribution in [3.8, 4) is 0 Å². The Balaban J connectivity index is 2.63. The van der Waals surface area contributed by atoms with Crippen LogP contribution in [0.2, 0.25) is 0 Å². The molecule has 82 valence electrons. The first-order valence-corrected chi connectivity index (χ1v) is 5.91. The molecule has 0 aliphatic carbocycles. The van der Waals surface area contributed by atoms with Crippen LogP contribution in [0.15, 0.2) is 18.2 Å². The number of nitrogens with one attached hydrogen (secondary N) is 1. The molecule has 0 unspecified atom stereocenters. The van der Waals surface area contributed by atoms with Gasteiger partial charge >= 0.3 is 6.09 Å². The van der Waals surface area contributed by atoms with Crippen LogP contribution in [0.25, 0.3) is 0 Å². The van der Waals surface area contributed by atoms with E-state index in [1.165, 1.54) is 0 Å². The van der Waals surface area contributed by atoms with E-state index in [4.69, 9.17) is 4.74 Å². The Bertz CT molecular complexity index is 352. The first kappa shape index (κ1) is 12.3. The molecular formula is C11H14INO2. The molecule has 0 aliphatic rings. The normalized spacial score (nSPS) is 9.80. The van der Waals surface area contributed by atoms with Gasteiger partial charge in [-0.05, 0) is 53.6 Å². The van der Waals surface area contributed by atoms with Crippen molar-refractivity contribution in [1.29, 1.82) is 0 Å². The van der Waals surface area contributed by atoms with E-state index in [0.717, 1.165) is 21.2 Å². The summed E-state index contributed by atoms with van der Waals surface area (Å²) in [4.78, 5) is 11.3. The Morgan fingerprint density at radius 2 is 2.27 bits per heavy atom. The average molecular weight is 319 g/mol. The summed E-state index contributed by atoms with van der Waals surface area (Å²) in [5.74, 6) is 0. The Morgan fingerprint density at radius 1 is 1.53 bits per heavy atom. The van der Waals surface area contributed by atoms with Gasteiger partial charge in [-0.2, -0.15) is 0 Å². The minimum atomic E-state index is -0.387. The Labute approximate surface area is 103 Å². The summed E-state index contributed by atoms with van der Waals surface area (Å²) in [6.07, 6.45) is 0.445. The van der Waals surface area contributed by atoms with Crippen molar-refractivity contribution in [2.45, 2.75) is 20.3 Å². The lowest BCUT2D eigenvalue weighted by molar-refractivity contribution is 0.161. The number of hydrogen-bond acceptors (Lipinski definition) is 2. The van der Waals surface area contributed by atoms with Gasteiger partial charge < -0.3 is 4.74 Å². The molecule has 0 atom stereocenters. The van der Waals surface area contributed by atoms with Gasteiger partial charge in [0.2, 0.25) is 0 Å². The van der Waals surface area contributed by atoms with Crippen LogP contribution in [-0.2, 0) is 4.74 Å². The van der Waals surface area contributed by atoms with Gasteiger partial charge in [0.15, 0.2) is 0 Å². The van der Waals surface area contributed by atoms with Crippen LogP contribution in [0.4, 0.5) is 10.5 Å². The van der Waals surface area contributed by atoms with Crippen molar-refractivity contribution in [3.63, 3.8) is 0 Å². The van der Waals surface area contributed by atoms with Crippen molar-refractivity contribution in [1.82, 2.24) is 0 Å². The number of carbonyl (C=O) groups is 1. The molecule has 1 rings (SSSR count). The zero-order valence-corrected chi connectivity index (χ0v) is 11.0. The molecule has 0 radical (unpaired) electrons. The predicted molar refractivity (Wildman–Crippen MR) is 69.2 cm³/mol. The summed E-state index contributed by atoms with van der Waals surface area (Å²) >= 11 is 2.21. The highest BCUT2D eigenvalue weighted by molar-refractivity contribution is 14.1. The number of amides is 1. The summed E-state index contributed by atoms with van der Waals surface area (Å²) in [6, 6.07) is 5.89. The molecule has 0 saturated heterocycles. The number of halogens is 1. The standard InChI is InChI=1S/C11H14INO2/c1-3-6-15-11(14)13-10-7-9(12)5-4-8(10)2/h4-5,7H,3,6H2,1-2H3,(H,13,14). The number of carbonyl (C=O) groups excluding carboxylic acids is 1. The summed E-state index contributed by atoms with van der Waals surface area (Å²) in [5, 5.41) is 2.72. The smallest absolute Gasteiger partial charge is 0.411 e. The SMILES string of the molecule is CCCOC(=O)Nc1cc(I)ccc1C. The topological polar surface area (TPSA) is 38.3 Å². The third-order valence-corrected chi connectivity index (χ3v) is 2.54. The number of rotatable bonds is 3. The third kappa shape index (κ3) is 4.07. The molecule has 4 heteroatoms. The van der Waals surface area contributed by atoms with Crippen LogP contribution in [0.5, 0.6) is 0 Å². The highest BCUT2D eigenvalue weighted by atomic mass is 127. The molecule has 1 aromatic rings. The lowest BCUT2D eigenvalue weighted by Gasteiger charge is -2.08. The van der Waals surface area contributed by atoms with Crippen LogP contribution in [0.1, 0.15) is 18.9 Å². The van der Waals surface area contributed by atoms with E-state index in [9.17, 15) is 4.79 Å². The van der Waals surface area contributed by atoms with Crippen LogP contribution in [0.3, 0.4) is 0 Å². The summed E-state index contributed by atoms with van der Waals surface area (Å²) < 4.78 is 6.02. The summed E-state index contributed by atoms with van der Waals surface area (Å²) in [7, 11) is 0. The summed E-state index contributed by atoms with van der Waals surface area (Å²) in [6.45, 7) is 4.37. The minimum Gasteiger partial charge on any atom is -0.449 e. The van der Waals surface area contributed by atoms with Gasteiger partial charge in [0, 0.05) is 9.26 Å². The quantitative estimate of drug-likeness (QED) is 0.865. The highest BCUT2D eigenvalue weighted by Crippen LogP contribution is 2.18. The second-order valence-electron chi connectivity index (χ2n) is 3.22.